The van der Waals surface area contributed by atoms with Crippen LogP contribution in [0.15, 0.2) is 48.8 Å². The van der Waals surface area contributed by atoms with E-state index in [0.717, 1.165) is 21.8 Å². The molecule has 144 valence electrons. The summed E-state index contributed by atoms with van der Waals surface area (Å²) in [4.78, 5) is 27.5. The van der Waals surface area contributed by atoms with Gasteiger partial charge >= 0.3 is 11.9 Å². The minimum Gasteiger partial charge on any atom is -0.424 e. The van der Waals surface area contributed by atoms with E-state index in [1.807, 2.05) is 18.2 Å². The first kappa shape index (κ1) is 19.8. The van der Waals surface area contributed by atoms with Crippen molar-refractivity contribution in [1.82, 2.24) is 9.97 Å². The quantitative estimate of drug-likeness (QED) is 0.421. The molecular weight excluding hydrogens is 403 g/mol. The van der Waals surface area contributed by atoms with Crippen molar-refractivity contribution >= 4 is 56.9 Å². The summed E-state index contributed by atoms with van der Waals surface area (Å²) in [6.07, 6.45) is 3.26. The fourth-order valence-electron chi connectivity index (χ4n) is 2.64. The molecule has 0 fully saturated rings. The molecule has 2 aromatic carbocycles. The number of carbonyl (C=O) groups excluding carboxylic acids is 2. The maximum absolute atomic E-state index is 10.8. The fourth-order valence-corrected chi connectivity index (χ4v) is 3.04. The smallest absolute Gasteiger partial charge is 0.308 e. The lowest BCUT2D eigenvalue weighted by Crippen LogP contribution is -2.00. The highest BCUT2D eigenvalue weighted by atomic mass is 35.5. The summed E-state index contributed by atoms with van der Waals surface area (Å²) in [7, 11) is 0. The number of carbonyl (C=O) groups is 2. The molecule has 0 atom stereocenters. The van der Waals surface area contributed by atoms with Crippen LogP contribution in [0.5, 0.6) is 11.5 Å². The Balaban J connectivity index is 0.000000161. The van der Waals surface area contributed by atoms with E-state index in [1.54, 1.807) is 30.6 Å². The van der Waals surface area contributed by atoms with E-state index in [2.05, 4.69) is 9.97 Å². The van der Waals surface area contributed by atoms with Gasteiger partial charge in [-0.3, -0.25) is 9.59 Å². The summed E-state index contributed by atoms with van der Waals surface area (Å²) in [5, 5.41) is 2.92. The molecular formula is C20H16Cl2N2O4. The summed E-state index contributed by atoms with van der Waals surface area (Å²) in [6.45, 7) is 2.73. The van der Waals surface area contributed by atoms with Crippen LogP contribution in [0, 0.1) is 0 Å². The summed E-state index contributed by atoms with van der Waals surface area (Å²) >= 11 is 11.7. The standard InChI is InChI=1S/2C10H8ClNO2/c1-6(13)14-10-5-12-9-4-7(11)2-3-8(9)10;1-6(13)14-9-5-12-10-7(9)3-2-4-8(10)11/h2*2-5,12H,1H3. The topological polar surface area (TPSA) is 84.2 Å². The SMILES string of the molecule is CC(=O)Oc1c[nH]c2c(Cl)cccc12.CC(=O)Oc1c[nH]c2cc(Cl)ccc12. The van der Waals surface area contributed by atoms with Gasteiger partial charge in [0.1, 0.15) is 0 Å². The van der Waals surface area contributed by atoms with E-state index in [0.29, 0.717) is 21.5 Å². The third-order valence-electron chi connectivity index (χ3n) is 3.74. The Labute approximate surface area is 170 Å². The number of esters is 2. The number of halogens is 2. The molecule has 0 bridgehead atoms. The van der Waals surface area contributed by atoms with Gasteiger partial charge in [0.15, 0.2) is 11.5 Å². The van der Waals surface area contributed by atoms with Gasteiger partial charge in [-0.05, 0) is 30.3 Å². The molecule has 0 saturated carbocycles. The zero-order valence-electron chi connectivity index (χ0n) is 15.0. The number of ether oxygens (including phenoxy) is 2. The van der Waals surface area contributed by atoms with Crippen LogP contribution < -0.4 is 9.47 Å². The molecule has 0 amide bonds. The predicted molar refractivity (Wildman–Crippen MR) is 109 cm³/mol. The lowest BCUT2D eigenvalue weighted by atomic mass is 10.2. The molecule has 0 radical (unpaired) electrons. The number of hydrogen-bond acceptors (Lipinski definition) is 4. The highest BCUT2D eigenvalue weighted by molar-refractivity contribution is 6.35. The second kappa shape index (κ2) is 8.37. The van der Waals surface area contributed by atoms with Gasteiger partial charge in [0.2, 0.25) is 0 Å². The highest BCUT2D eigenvalue weighted by Gasteiger charge is 2.08. The first-order valence-corrected chi connectivity index (χ1v) is 9.00. The molecule has 0 saturated heterocycles. The number of H-pyrrole nitrogens is 2. The first-order valence-electron chi connectivity index (χ1n) is 8.24. The average molecular weight is 419 g/mol. The molecule has 0 aliphatic carbocycles. The van der Waals surface area contributed by atoms with Crippen molar-refractivity contribution in [3.63, 3.8) is 0 Å². The minimum atomic E-state index is -0.342. The lowest BCUT2D eigenvalue weighted by molar-refractivity contribution is -0.132. The van der Waals surface area contributed by atoms with Crippen LogP contribution in [-0.4, -0.2) is 21.9 Å². The number of benzene rings is 2. The van der Waals surface area contributed by atoms with Crippen LogP contribution in [0.4, 0.5) is 0 Å². The van der Waals surface area contributed by atoms with Crippen molar-refractivity contribution in [2.24, 2.45) is 0 Å². The number of nitrogens with one attached hydrogen (secondary N) is 2. The van der Waals surface area contributed by atoms with Gasteiger partial charge in [-0.1, -0.05) is 29.3 Å². The maximum atomic E-state index is 10.8. The molecule has 2 heterocycles. The average Bonchev–Trinajstić information content (AvgIpc) is 3.20. The van der Waals surface area contributed by atoms with E-state index in [9.17, 15) is 9.59 Å². The molecule has 0 unspecified atom stereocenters. The van der Waals surface area contributed by atoms with Crippen LogP contribution in [0.25, 0.3) is 21.8 Å². The summed E-state index contributed by atoms with van der Waals surface area (Å²) in [5.74, 6) is 0.367. The first-order chi connectivity index (χ1) is 13.3. The Morgan fingerprint density at radius 3 is 2.18 bits per heavy atom. The summed E-state index contributed by atoms with van der Waals surface area (Å²) < 4.78 is 9.99. The molecule has 8 heteroatoms. The summed E-state index contributed by atoms with van der Waals surface area (Å²) in [6, 6.07) is 10.8. The van der Waals surface area contributed by atoms with Crippen molar-refractivity contribution in [3.05, 3.63) is 58.8 Å². The van der Waals surface area contributed by atoms with Crippen LogP contribution in [0.3, 0.4) is 0 Å². The van der Waals surface area contributed by atoms with Gasteiger partial charge in [-0.2, -0.15) is 0 Å². The second-order valence-electron chi connectivity index (χ2n) is 5.85. The van der Waals surface area contributed by atoms with E-state index in [4.69, 9.17) is 32.7 Å². The van der Waals surface area contributed by atoms with Crippen molar-refractivity contribution in [3.8, 4) is 11.5 Å². The highest BCUT2D eigenvalue weighted by Crippen LogP contribution is 2.30. The molecule has 2 aromatic heterocycles. The van der Waals surface area contributed by atoms with Crippen LogP contribution in [0.2, 0.25) is 10.0 Å². The van der Waals surface area contributed by atoms with E-state index < -0.39 is 0 Å². The molecule has 4 aromatic rings. The molecule has 0 aliphatic rings. The van der Waals surface area contributed by atoms with Gasteiger partial charge in [-0.25, -0.2) is 0 Å². The molecule has 4 rings (SSSR count). The fraction of sp³-hybridized carbons (Fsp3) is 0.100. The normalized spacial score (nSPS) is 10.4. The van der Waals surface area contributed by atoms with Gasteiger partial charge in [-0.15, -0.1) is 0 Å². The van der Waals surface area contributed by atoms with Gasteiger partial charge < -0.3 is 19.4 Å². The Morgan fingerprint density at radius 1 is 0.857 bits per heavy atom. The van der Waals surface area contributed by atoms with Crippen molar-refractivity contribution in [2.45, 2.75) is 13.8 Å². The Hall–Kier alpha value is -2.96. The number of aromatic amines is 2. The number of fused-ring (bicyclic) bond motifs is 2. The zero-order valence-corrected chi connectivity index (χ0v) is 16.5. The Bertz CT molecular complexity index is 1160. The minimum absolute atomic E-state index is 0.333. The zero-order chi connectivity index (χ0) is 20.3. The van der Waals surface area contributed by atoms with Crippen molar-refractivity contribution < 1.29 is 19.1 Å². The van der Waals surface area contributed by atoms with E-state index in [1.165, 1.54) is 13.8 Å². The van der Waals surface area contributed by atoms with E-state index in [-0.39, 0.29) is 11.9 Å². The van der Waals surface area contributed by atoms with Crippen LogP contribution in [-0.2, 0) is 9.59 Å². The monoisotopic (exact) mass is 418 g/mol. The van der Waals surface area contributed by atoms with Crippen molar-refractivity contribution in [2.75, 3.05) is 0 Å². The van der Waals surface area contributed by atoms with Gasteiger partial charge in [0, 0.05) is 42.0 Å². The van der Waals surface area contributed by atoms with Crippen LogP contribution in [0.1, 0.15) is 13.8 Å². The second-order valence-corrected chi connectivity index (χ2v) is 6.69. The van der Waals surface area contributed by atoms with Gasteiger partial charge in [0.25, 0.3) is 0 Å². The maximum Gasteiger partial charge on any atom is 0.308 e. The number of rotatable bonds is 2. The Morgan fingerprint density at radius 2 is 1.50 bits per heavy atom. The van der Waals surface area contributed by atoms with Crippen molar-refractivity contribution in [1.29, 1.82) is 0 Å². The number of hydrogen-bond donors (Lipinski definition) is 2. The third kappa shape index (κ3) is 4.47. The van der Waals surface area contributed by atoms with E-state index >= 15 is 0 Å². The molecule has 0 aliphatic heterocycles. The lowest BCUT2D eigenvalue weighted by Gasteiger charge is -1.98. The number of aromatic nitrogens is 2. The van der Waals surface area contributed by atoms with Gasteiger partial charge in [0.05, 0.1) is 16.1 Å². The largest absolute Gasteiger partial charge is 0.424 e. The number of para-hydroxylation sites is 1. The molecule has 2 N–H and O–H groups in total. The Kier molecular flexibility index (Phi) is 5.92. The predicted octanol–water partition coefficient (Wildman–Crippen LogP) is 5.49. The molecule has 0 spiro atoms. The molecule has 28 heavy (non-hydrogen) atoms. The molecule has 6 nitrogen and oxygen atoms in total. The van der Waals surface area contributed by atoms with Crippen LogP contribution >= 0.6 is 23.2 Å². The third-order valence-corrected chi connectivity index (χ3v) is 4.29. The summed E-state index contributed by atoms with van der Waals surface area (Å²) in [5.41, 5.74) is 1.64.